The molecular formula is C11H12FNO. The molecule has 14 heavy (non-hydrogen) atoms. The smallest absolute Gasteiger partial charge is 0.144 e. The van der Waals surface area contributed by atoms with Crippen LogP contribution in [0.15, 0.2) is 6.20 Å². The van der Waals surface area contributed by atoms with Gasteiger partial charge in [0, 0.05) is 11.6 Å². The predicted octanol–water partition coefficient (Wildman–Crippen LogP) is 1.83. The summed E-state index contributed by atoms with van der Waals surface area (Å²) >= 11 is 0. The Morgan fingerprint density at radius 2 is 2.14 bits per heavy atom. The highest BCUT2D eigenvalue weighted by Crippen LogP contribution is 2.30. The molecule has 0 aliphatic heterocycles. The van der Waals surface area contributed by atoms with E-state index >= 15 is 0 Å². The molecule has 0 fully saturated rings. The van der Waals surface area contributed by atoms with E-state index in [0.29, 0.717) is 18.4 Å². The molecule has 0 saturated carbocycles. The summed E-state index contributed by atoms with van der Waals surface area (Å²) in [4.78, 5) is 15.2. The fourth-order valence-corrected chi connectivity index (χ4v) is 2.02. The Balaban J connectivity index is 2.43. The molecule has 0 radical (unpaired) electrons. The van der Waals surface area contributed by atoms with Gasteiger partial charge in [-0.15, -0.1) is 0 Å². The highest BCUT2D eigenvalue weighted by molar-refractivity contribution is 5.80. The summed E-state index contributed by atoms with van der Waals surface area (Å²) in [6, 6.07) is 0. The van der Waals surface area contributed by atoms with Crippen LogP contribution in [0.1, 0.15) is 23.7 Å². The summed E-state index contributed by atoms with van der Waals surface area (Å²) in [5.41, 5.74) is 2.48. The third-order valence-corrected chi connectivity index (χ3v) is 2.94. The van der Waals surface area contributed by atoms with Gasteiger partial charge in [0.05, 0.1) is 6.20 Å². The number of pyridine rings is 1. The molecule has 0 bridgehead atoms. The van der Waals surface area contributed by atoms with E-state index in [-0.39, 0.29) is 17.5 Å². The van der Waals surface area contributed by atoms with E-state index in [2.05, 4.69) is 4.98 Å². The zero-order chi connectivity index (χ0) is 10.3. The lowest BCUT2D eigenvalue weighted by molar-refractivity contribution is -0.120. The first-order valence-electron chi connectivity index (χ1n) is 4.73. The van der Waals surface area contributed by atoms with Crippen LogP contribution in [0.25, 0.3) is 0 Å². The maximum Gasteiger partial charge on any atom is 0.144 e. The van der Waals surface area contributed by atoms with E-state index in [1.54, 1.807) is 6.92 Å². The van der Waals surface area contributed by atoms with Crippen molar-refractivity contribution in [2.45, 2.75) is 26.7 Å². The van der Waals surface area contributed by atoms with Crippen LogP contribution < -0.4 is 0 Å². The van der Waals surface area contributed by atoms with Gasteiger partial charge in [0.25, 0.3) is 0 Å². The highest BCUT2D eigenvalue weighted by Gasteiger charge is 2.28. The van der Waals surface area contributed by atoms with Gasteiger partial charge in [0.15, 0.2) is 0 Å². The van der Waals surface area contributed by atoms with Crippen molar-refractivity contribution in [2.24, 2.45) is 5.92 Å². The minimum absolute atomic E-state index is 0.0394. The first kappa shape index (κ1) is 9.31. The highest BCUT2D eigenvalue weighted by atomic mass is 19.1. The van der Waals surface area contributed by atoms with Crippen molar-refractivity contribution in [3.05, 3.63) is 28.8 Å². The molecule has 1 atom stereocenters. The number of ketones is 1. The number of nitrogens with zero attached hydrogens (tertiary/aromatic N) is 1. The molecule has 0 N–H and O–H groups in total. The molecule has 0 aromatic carbocycles. The van der Waals surface area contributed by atoms with Crippen LogP contribution in [-0.4, -0.2) is 10.8 Å². The molecule has 74 valence electrons. The van der Waals surface area contributed by atoms with Crippen LogP contribution in [0.3, 0.4) is 0 Å². The average Bonchev–Trinajstić information content (AvgIpc) is 2.57. The third-order valence-electron chi connectivity index (χ3n) is 2.94. The number of Topliss-reactive ketones (excluding diaryl/α,β-unsaturated/α-hetero) is 1. The zero-order valence-electron chi connectivity index (χ0n) is 8.30. The summed E-state index contributed by atoms with van der Waals surface area (Å²) in [7, 11) is 0. The molecule has 1 aromatic rings. The topological polar surface area (TPSA) is 30.0 Å². The Labute approximate surface area is 82.2 Å². The van der Waals surface area contributed by atoms with Crippen LogP contribution in [0, 0.1) is 18.7 Å². The van der Waals surface area contributed by atoms with E-state index in [4.69, 9.17) is 0 Å². The maximum absolute atomic E-state index is 13.3. The molecular weight excluding hydrogens is 181 g/mol. The van der Waals surface area contributed by atoms with Gasteiger partial charge in [-0.1, -0.05) is 0 Å². The number of aryl methyl sites for hydroxylation is 1. The maximum atomic E-state index is 13.3. The second-order valence-electron chi connectivity index (χ2n) is 3.86. The van der Waals surface area contributed by atoms with E-state index in [1.807, 2.05) is 6.92 Å². The molecule has 1 aromatic heterocycles. The molecule has 1 heterocycles. The van der Waals surface area contributed by atoms with Crippen molar-refractivity contribution in [3.63, 3.8) is 0 Å². The minimum atomic E-state index is -0.269. The van der Waals surface area contributed by atoms with Gasteiger partial charge in [0.2, 0.25) is 0 Å². The average molecular weight is 193 g/mol. The lowest BCUT2D eigenvalue weighted by atomic mass is 10.0. The van der Waals surface area contributed by atoms with E-state index in [1.165, 1.54) is 6.20 Å². The first-order valence-corrected chi connectivity index (χ1v) is 4.73. The molecule has 0 saturated heterocycles. The minimum Gasteiger partial charge on any atom is -0.300 e. The molecule has 2 nitrogen and oxygen atoms in total. The van der Waals surface area contributed by atoms with Crippen molar-refractivity contribution < 1.29 is 9.18 Å². The summed E-state index contributed by atoms with van der Waals surface area (Å²) < 4.78 is 13.3. The van der Waals surface area contributed by atoms with Gasteiger partial charge < -0.3 is 0 Å². The second kappa shape index (κ2) is 3.15. The number of hydrogen-bond acceptors (Lipinski definition) is 2. The van der Waals surface area contributed by atoms with Crippen molar-refractivity contribution in [1.82, 2.24) is 4.98 Å². The number of aromatic nitrogens is 1. The van der Waals surface area contributed by atoms with Gasteiger partial charge in [-0.3, -0.25) is 9.78 Å². The Morgan fingerprint density at radius 1 is 1.50 bits per heavy atom. The molecule has 0 amide bonds. The number of rotatable bonds is 1. The third kappa shape index (κ3) is 1.33. The molecule has 0 spiro atoms. The molecule has 1 aliphatic carbocycles. The summed E-state index contributed by atoms with van der Waals surface area (Å²) in [5.74, 6) is -0.170. The number of halogens is 1. The normalized spacial score (nSPS) is 19.5. The fraction of sp³-hybridized carbons (Fsp3) is 0.455. The van der Waals surface area contributed by atoms with E-state index in [0.717, 1.165) is 11.3 Å². The Morgan fingerprint density at radius 3 is 2.71 bits per heavy atom. The summed E-state index contributed by atoms with van der Waals surface area (Å²) in [5, 5.41) is 0. The molecule has 2 rings (SSSR count). The Bertz CT molecular complexity index is 370. The summed E-state index contributed by atoms with van der Waals surface area (Å²) in [6.45, 7) is 3.43. The standard InChI is InChI=1S/C11H12FNO/c1-6-9-3-8(7(2)14)4-10(9)11(12)5-13-6/h5,8H,3-4H2,1-2H3. The Kier molecular flexibility index (Phi) is 2.10. The van der Waals surface area contributed by atoms with Gasteiger partial charge in [0.1, 0.15) is 11.6 Å². The quantitative estimate of drug-likeness (QED) is 0.681. The lowest BCUT2D eigenvalue weighted by Crippen LogP contribution is -2.10. The predicted molar refractivity (Wildman–Crippen MR) is 50.5 cm³/mol. The SMILES string of the molecule is CC(=O)C1Cc2c(F)cnc(C)c2C1. The molecule has 1 unspecified atom stereocenters. The van der Waals surface area contributed by atoms with Gasteiger partial charge >= 0.3 is 0 Å². The lowest BCUT2D eigenvalue weighted by Gasteiger charge is -2.02. The van der Waals surface area contributed by atoms with Crippen LogP contribution in [0.4, 0.5) is 4.39 Å². The second-order valence-corrected chi connectivity index (χ2v) is 3.86. The first-order chi connectivity index (χ1) is 6.59. The van der Waals surface area contributed by atoms with Crippen LogP contribution in [0.5, 0.6) is 0 Å². The number of carbonyl (C=O) groups excluding carboxylic acids is 1. The van der Waals surface area contributed by atoms with Crippen LogP contribution in [-0.2, 0) is 17.6 Å². The Hall–Kier alpha value is -1.25. The van der Waals surface area contributed by atoms with E-state index < -0.39 is 0 Å². The molecule has 3 heteroatoms. The van der Waals surface area contributed by atoms with Crippen molar-refractivity contribution >= 4 is 5.78 Å². The number of fused-ring (bicyclic) bond motifs is 1. The largest absolute Gasteiger partial charge is 0.300 e. The van der Waals surface area contributed by atoms with Crippen molar-refractivity contribution in [1.29, 1.82) is 0 Å². The van der Waals surface area contributed by atoms with Crippen molar-refractivity contribution in [2.75, 3.05) is 0 Å². The van der Waals surface area contributed by atoms with Gasteiger partial charge in [-0.05, 0) is 37.8 Å². The van der Waals surface area contributed by atoms with Crippen LogP contribution in [0.2, 0.25) is 0 Å². The van der Waals surface area contributed by atoms with Gasteiger partial charge in [-0.2, -0.15) is 0 Å². The van der Waals surface area contributed by atoms with Gasteiger partial charge in [-0.25, -0.2) is 4.39 Å². The van der Waals surface area contributed by atoms with Crippen molar-refractivity contribution in [3.8, 4) is 0 Å². The molecule has 1 aliphatic rings. The number of hydrogen-bond donors (Lipinski definition) is 0. The van der Waals surface area contributed by atoms with E-state index in [9.17, 15) is 9.18 Å². The van der Waals surface area contributed by atoms with Crippen LogP contribution >= 0.6 is 0 Å². The monoisotopic (exact) mass is 193 g/mol. The summed E-state index contributed by atoms with van der Waals surface area (Å²) in [6.07, 6.45) is 2.44. The fourth-order valence-electron chi connectivity index (χ4n) is 2.02. The zero-order valence-corrected chi connectivity index (χ0v) is 8.30. The number of carbonyl (C=O) groups is 1.